The quantitative estimate of drug-likeness (QED) is 0.349. The van der Waals surface area contributed by atoms with Crippen molar-refractivity contribution in [2.45, 2.75) is 76.0 Å². The molecule has 0 saturated heterocycles. The van der Waals surface area contributed by atoms with Gasteiger partial charge in [0.15, 0.2) is 5.58 Å². The third-order valence-electron chi connectivity index (χ3n) is 7.29. The lowest BCUT2D eigenvalue weighted by Crippen LogP contribution is -2.13. The molecule has 3 heterocycles. The highest BCUT2D eigenvalue weighted by Gasteiger charge is 2.27. The Morgan fingerprint density at radius 2 is 1.48 bits per heavy atom. The summed E-state index contributed by atoms with van der Waals surface area (Å²) in [5.41, 5.74) is 5.93. The maximum absolute atomic E-state index is 6.60. The van der Waals surface area contributed by atoms with Crippen molar-refractivity contribution in [2.24, 2.45) is 0 Å². The molecule has 2 aliphatic rings. The van der Waals surface area contributed by atoms with Gasteiger partial charge in [0, 0.05) is 29.0 Å². The van der Waals surface area contributed by atoms with E-state index in [4.69, 9.17) is 14.4 Å². The van der Waals surface area contributed by atoms with E-state index < -0.39 is 0 Å². The molecule has 2 fully saturated rings. The second-order valence-corrected chi connectivity index (χ2v) is 9.31. The summed E-state index contributed by atoms with van der Waals surface area (Å²) < 4.78 is 6.60. The minimum Gasteiger partial charge on any atom is -0.452 e. The van der Waals surface area contributed by atoms with Crippen LogP contribution in [0.1, 0.15) is 87.6 Å². The van der Waals surface area contributed by atoms with Crippen LogP contribution in [0.5, 0.6) is 0 Å². The second kappa shape index (κ2) is 8.07. The zero-order chi connectivity index (χ0) is 20.6. The monoisotopic (exact) mass is 411 g/mol. The van der Waals surface area contributed by atoms with E-state index >= 15 is 0 Å². The Labute approximate surface area is 183 Å². The molecule has 6 rings (SSSR count). The summed E-state index contributed by atoms with van der Waals surface area (Å²) in [5, 5.41) is 1.09. The van der Waals surface area contributed by atoms with Crippen molar-refractivity contribution >= 4 is 22.1 Å². The average molecular weight is 412 g/mol. The number of aromatic nitrogens is 3. The molecule has 158 valence electrons. The zero-order valence-electron chi connectivity index (χ0n) is 18.0. The summed E-state index contributed by atoms with van der Waals surface area (Å²) in [6, 6.07) is 12.4. The molecule has 1 aromatic carbocycles. The molecule has 0 N–H and O–H groups in total. The molecule has 0 aliphatic heterocycles. The first kappa shape index (κ1) is 19.0. The average Bonchev–Trinajstić information content (AvgIpc) is 3.24. The molecule has 2 saturated carbocycles. The molecule has 0 spiro atoms. The summed E-state index contributed by atoms with van der Waals surface area (Å²) in [6.45, 7) is 0. The fourth-order valence-electron chi connectivity index (χ4n) is 5.62. The Hall–Kier alpha value is -2.75. The molecule has 4 nitrogen and oxygen atoms in total. The van der Waals surface area contributed by atoms with Crippen LogP contribution in [-0.2, 0) is 0 Å². The van der Waals surface area contributed by atoms with Crippen LogP contribution >= 0.6 is 0 Å². The van der Waals surface area contributed by atoms with Crippen molar-refractivity contribution in [2.75, 3.05) is 0 Å². The standard InChI is InChI=1S/C27H29N3O/c1-3-10-18(11-4-1)23-26-24(30-27(29-23)19-12-5-2-6-13-19)21-15-9-14-20(25(21)31-26)22-16-7-8-17-28-22/h7-9,14-19H,1-6,10-13H2. The van der Waals surface area contributed by atoms with Gasteiger partial charge < -0.3 is 4.42 Å². The first-order valence-corrected chi connectivity index (χ1v) is 12.0. The van der Waals surface area contributed by atoms with E-state index in [1.807, 2.05) is 24.4 Å². The molecular weight excluding hydrogens is 382 g/mol. The predicted octanol–water partition coefficient (Wildman–Crippen LogP) is 7.53. The van der Waals surface area contributed by atoms with Gasteiger partial charge in [0.1, 0.15) is 16.9 Å². The zero-order valence-corrected chi connectivity index (χ0v) is 18.0. The fourth-order valence-corrected chi connectivity index (χ4v) is 5.62. The number of benzene rings is 1. The fraction of sp³-hybridized carbons (Fsp3) is 0.444. The highest BCUT2D eigenvalue weighted by molar-refractivity contribution is 6.08. The van der Waals surface area contributed by atoms with E-state index in [1.165, 1.54) is 64.2 Å². The highest BCUT2D eigenvalue weighted by atomic mass is 16.3. The topological polar surface area (TPSA) is 51.8 Å². The molecule has 2 aliphatic carbocycles. The van der Waals surface area contributed by atoms with Gasteiger partial charge in [0.05, 0.1) is 11.4 Å². The Morgan fingerprint density at radius 3 is 2.23 bits per heavy atom. The summed E-state index contributed by atoms with van der Waals surface area (Å²) >= 11 is 0. The third-order valence-corrected chi connectivity index (χ3v) is 7.29. The van der Waals surface area contributed by atoms with Crippen molar-refractivity contribution in [3.05, 3.63) is 54.1 Å². The summed E-state index contributed by atoms with van der Waals surface area (Å²) in [7, 11) is 0. The first-order chi connectivity index (χ1) is 15.4. The van der Waals surface area contributed by atoms with Gasteiger partial charge >= 0.3 is 0 Å². The van der Waals surface area contributed by atoms with Crippen molar-refractivity contribution in [3.63, 3.8) is 0 Å². The lowest BCUT2D eigenvalue weighted by Gasteiger charge is -2.24. The molecule has 0 amide bonds. The van der Waals surface area contributed by atoms with E-state index in [9.17, 15) is 0 Å². The third kappa shape index (κ3) is 3.42. The van der Waals surface area contributed by atoms with Gasteiger partial charge in [0.25, 0.3) is 0 Å². The largest absolute Gasteiger partial charge is 0.452 e. The van der Waals surface area contributed by atoms with Crippen LogP contribution in [0.3, 0.4) is 0 Å². The van der Waals surface area contributed by atoms with Crippen molar-refractivity contribution in [1.82, 2.24) is 15.0 Å². The van der Waals surface area contributed by atoms with Crippen molar-refractivity contribution < 1.29 is 4.42 Å². The Morgan fingerprint density at radius 1 is 0.710 bits per heavy atom. The van der Waals surface area contributed by atoms with Crippen molar-refractivity contribution in [3.8, 4) is 11.3 Å². The highest BCUT2D eigenvalue weighted by Crippen LogP contribution is 2.42. The second-order valence-electron chi connectivity index (χ2n) is 9.31. The Kier molecular flexibility index (Phi) is 4.94. The van der Waals surface area contributed by atoms with Gasteiger partial charge in [-0.1, -0.05) is 50.7 Å². The molecule has 4 aromatic rings. The SMILES string of the molecule is c1ccc(-c2cccc3c2oc2c(C4CCCCC4)nc(C4CCCCC4)nc23)nc1. The van der Waals surface area contributed by atoms with Crippen molar-refractivity contribution in [1.29, 1.82) is 0 Å². The van der Waals surface area contributed by atoms with E-state index in [-0.39, 0.29) is 0 Å². The van der Waals surface area contributed by atoms with Crippen LogP contribution < -0.4 is 0 Å². The van der Waals surface area contributed by atoms with Crippen LogP contribution in [0.2, 0.25) is 0 Å². The number of hydrogen-bond donors (Lipinski definition) is 0. The molecule has 3 aromatic heterocycles. The van der Waals surface area contributed by atoms with Crippen LogP contribution in [0, 0.1) is 0 Å². The lowest BCUT2D eigenvalue weighted by atomic mass is 9.85. The summed E-state index contributed by atoms with van der Waals surface area (Å²) in [4.78, 5) is 15.0. The predicted molar refractivity (Wildman–Crippen MR) is 124 cm³/mol. The van der Waals surface area contributed by atoms with Gasteiger partial charge in [-0.25, -0.2) is 9.97 Å². The Bertz CT molecular complexity index is 1200. The van der Waals surface area contributed by atoms with E-state index in [2.05, 4.69) is 23.2 Å². The molecule has 31 heavy (non-hydrogen) atoms. The number of rotatable bonds is 3. The summed E-state index contributed by atoms with van der Waals surface area (Å²) in [5.74, 6) is 2.03. The number of nitrogens with zero attached hydrogens (tertiary/aromatic N) is 3. The van der Waals surface area contributed by atoms with Crippen LogP contribution in [0.4, 0.5) is 0 Å². The number of pyridine rings is 1. The molecule has 0 unspecified atom stereocenters. The maximum atomic E-state index is 6.60. The molecular formula is C27H29N3O. The van der Waals surface area contributed by atoms with Gasteiger partial charge in [0.2, 0.25) is 0 Å². The number of furan rings is 1. The van der Waals surface area contributed by atoms with E-state index in [1.54, 1.807) is 0 Å². The van der Waals surface area contributed by atoms with Crippen LogP contribution in [0.25, 0.3) is 33.3 Å². The number of para-hydroxylation sites is 1. The number of hydrogen-bond acceptors (Lipinski definition) is 4. The molecule has 4 heteroatoms. The normalized spacial score (nSPS) is 18.7. The van der Waals surface area contributed by atoms with Gasteiger partial charge in [-0.2, -0.15) is 0 Å². The molecule has 0 bridgehead atoms. The number of fused-ring (bicyclic) bond motifs is 3. The minimum absolute atomic E-state index is 0.487. The maximum Gasteiger partial charge on any atom is 0.175 e. The lowest BCUT2D eigenvalue weighted by molar-refractivity contribution is 0.415. The van der Waals surface area contributed by atoms with Gasteiger partial charge in [-0.3, -0.25) is 4.98 Å². The van der Waals surface area contributed by atoms with Crippen LogP contribution in [0.15, 0.2) is 47.0 Å². The van der Waals surface area contributed by atoms with E-state index in [0.29, 0.717) is 11.8 Å². The summed E-state index contributed by atoms with van der Waals surface area (Å²) in [6.07, 6.45) is 14.5. The first-order valence-electron chi connectivity index (χ1n) is 12.0. The molecule has 0 atom stereocenters. The van der Waals surface area contributed by atoms with Gasteiger partial charge in [-0.05, 0) is 49.9 Å². The smallest absolute Gasteiger partial charge is 0.175 e. The minimum atomic E-state index is 0.487. The van der Waals surface area contributed by atoms with E-state index in [0.717, 1.165) is 44.8 Å². The van der Waals surface area contributed by atoms with Crippen LogP contribution in [-0.4, -0.2) is 15.0 Å². The molecule has 0 radical (unpaired) electrons. The Balaban J connectivity index is 1.58. The van der Waals surface area contributed by atoms with Gasteiger partial charge in [-0.15, -0.1) is 0 Å².